The number of halogens is 1. The lowest BCUT2D eigenvalue weighted by Gasteiger charge is -2.38. The summed E-state index contributed by atoms with van der Waals surface area (Å²) in [5.74, 6) is 1.29. The molecule has 3 atom stereocenters. The number of carbonyl (C=O) groups excluding carboxylic acids is 1. The van der Waals surface area contributed by atoms with E-state index in [9.17, 15) is 4.79 Å². The molecule has 3 aromatic rings. The van der Waals surface area contributed by atoms with Gasteiger partial charge in [-0.3, -0.25) is 9.78 Å². The van der Waals surface area contributed by atoms with Crippen LogP contribution in [0, 0.1) is 0 Å². The Bertz CT molecular complexity index is 1290. The minimum absolute atomic E-state index is 0.105. The summed E-state index contributed by atoms with van der Waals surface area (Å²) in [4.78, 5) is 20.9. The van der Waals surface area contributed by atoms with Gasteiger partial charge in [0.1, 0.15) is 18.0 Å². The number of nitrogens with zero attached hydrogens (tertiary/aromatic N) is 1. The van der Waals surface area contributed by atoms with Crippen molar-refractivity contribution in [2.24, 2.45) is 0 Å². The number of benzene rings is 1. The number of aromatic nitrogens is 2. The minimum atomic E-state index is -0.293. The number of para-hydroxylation sites is 1. The van der Waals surface area contributed by atoms with Gasteiger partial charge >= 0.3 is 0 Å². The molecule has 2 aliphatic heterocycles. The van der Waals surface area contributed by atoms with Crippen LogP contribution in [0.3, 0.4) is 0 Å². The monoisotopic (exact) mass is 480 g/mol. The maximum atomic E-state index is 13.1. The van der Waals surface area contributed by atoms with Gasteiger partial charge in [0.05, 0.1) is 47.6 Å². The van der Waals surface area contributed by atoms with Crippen LogP contribution in [0.2, 0.25) is 5.02 Å². The largest absolute Gasteiger partial charge is 0.493 e. The number of aromatic amines is 1. The highest BCUT2D eigenvalue weighted by atomic mass is 35.5. The Labute approximate surface area is 202 Å². The third-order valence-corrected chi connectivity index (χ3v) is 7.13. The Morgan fingerprint density at radius 3 is 2.97 bits per heavy atom. The van der Waals surface area contributed by atoms with Crippen LogP contribution in [-0.2, 0) is 4.74 Å². The highest BCUT2D eigenvalue weighted by molar-refractivity contribution is 6.32. The first-order valence-corrected chi connectivity index (χ1v) is 11.7. The molecule has 1 aliphatic carbocycles. The van der Waals surface area contributed by atoms with Gasteiger partial charge in [0.2, 0.25) is 0 Å². The summed E-state index contributed by atoms with van der Waals surface area (Å²) < 4.78 is 17.4. The van der Waals surface area contributed by atoms with Gasteiger partial charge in [-0.1, -0.05) is 17.7 Å². The molecule has 6 rings (SSSR count). The number of hydrogen-bond donors (Lipinski definition) is 3. The fraction of sp³-hybridized carbons (Fsp3) is 0.360. The number of H-pyrrole nitrogens is 1. The van der Waals surface area contributed by atoms with E-state index < -0.39 is 0 Å². The van der Waals surface area contributed by atoms with E-state index in [2.05, 4.69) is 20.6 Å². The van der Waals surface area contributed by atoms with Gasteiger partial charge < -0.3 is 29.8 Å². The van der Waals surface area contributed by atoms with E-state index in [4.69, 9.17) is 25.8 Å². The first-order valence-electron chi connectivity index (χ1n) is 11.3. The Hall–Kier alpha value is -3.23. The van der Waals surface area contributed by atoms with Crippen molar-refractivity contribution in [2.45, 2.75) is 37.3 Å². The van der Waals surface area contributed by atoms with Crippen molar-refractivity contribution in [3.05, 3.63) is 52.9 Å². The molecule has 0 spiro atoms. The van der Waals surface area contributed by atoms with Crippen LogP contribution in [0.25, 0.3) is 11.3 Å². The number of carbonyl (C=O) groups is 1. The summed E-state index contributed by atoms with van der Waals surface area (Å²) in [7, 11) is 1.57. The Kier molecular flexibility index (Phi) is 4.97. The average Bonchev–Trinajstić information content (AvgIpc) is 3.49. The van der Waals surface area contributed by atoms with Crippen LogP contribution in [0.5, 0.6) is 11.5 Å². The topological polar surface area (TPSA) is 97.5 Å². The smallest absolute Gasteiger partial charge is 0.255 e. The van der Waals surface area contributed by atoms with Crippen molar-refractivity contribution in [2.75, 3.05) is 25.6 Å². The SMILES string of the molecule is COc1c(Cl)cccc1Nc1c(-c2ccncc2OC[C@@]2(C)CCO2)[nH]c2c1C(=O)N[C@@H]1C[C@H]21. The normalized spacial score (nSPS) is 24.4. The fourth-order valence-electron chi connectivity index (χ4n) is 4.72. The number of fused-ring (bicyclic) bond motifs is 3. The summed E-state index contributed by atoms with van der Waals surface area (Å²) in [6, 6.07) is 7.54. The lowest BCUT2D eigenvalue weighted by Crippen LogP contribution is -2.45. The van der Waals surface area contributed by atoms with Crippen molar-refractivity contribution in [3.8, 4) is 22.8 Å². The number of ether oxygens (including phenoxy) is 3. The predicted octanol–water partition coefficient (Wildman–Crippen LogP) is 4.64. The van der Waals surface area contributed by atoms with Crippen molar-refractivity contribution in [1.82, 2.24) is 15.3 Å². The van der Waals surface area contributed by atoms with Crippen LogP contribution < -0.4 is 20.1 Å². The molecule has 176 valence electrons. The number of anilines is 2. The van der Waals surface area contributed by atoms with Crippen LogP contribution in [0.1, 0.15) is 41.7 Å². The first-order chi connectivity index (χ1) is 16.5. The molecular weight excluding hydrogens is 456 g/mol. The van der Waals surface area contributed by atoms with Crippen molar-refractivity contribution < 1.29 is 19.0 Å². The number of rotatable bonds is 7. The molecule has 1 saturated carbocycles. The maximum absolute atomic E-state index is 13.1. The number of hydrogen-bond acceptors (Lipinski definition) is 6. The van der Waals surface area contributed by atoms with E-state index >= 15 is 0 Å². The highest BCUT2D eigenvalue weighted by Gasteiger charge is 2.48. The molecule has 1 aromatic carbocycles. The van der Waals surface area contributed by atoms with E-state index in [0.29, 0.717) is 40.1 Å². The molecule has 0 bridgehead atoms. The van der Waals surface area contributed by atoms with E-state index in [1.54, 1.807) is 25.6 Å². The molecule has 34 heavy (non-hydrogen) atoms. The summed E-state index contributed by atoms with van der Waals surface area (Å²) >= 11 is 6.36. The molecule has 9 heteroatoms. The minimum Gasteiger partial charge on any atom is -0.493 e. The number of nitrogens with one attached hydrogen (secondary N) is 3. The van der Waals surface area contributed by atoms with Gasteiger partial charge in [0.25, 0.3) is 5.91 Å². The molecule has 3 aliphatic rings. The van der Waals surface area contributed by atoms with Gasteiger partial charge in [-0.2, -0.15) is 0 Å². The van der Waals surface area contributed by atoms with Crippen molar-refractivity contribution in [1.29, 1.82) is 0 Å². The lowest BCUT2D eigenvalue weighted by molar-refractivity contribution is -0.152. The highest BCUT2D eigenvalue weighted by Crippen LogP contribution is 2.51. The van der Waals surface area contributed by atoms with E-state index in [1.807, 2.05) is 25.1 Å². The van der Waals surface area contributed by atoms with Crippen molar-refractivity contribution in [3.63, 3.8) is 0 Å². The molecule has 2 aromatic heterocycles. The van der Waals surface area contributed by atoms with Crippen LogP contribution >= 0.6 is 11.6 Å². The molecule has 1 amide bonds. The predicted molar refractivity (Wildman–Crippen MR) is 128 cm³/mol. The van der Waals surface area contributed by atoms with Gasteiger partial charge in [0, 0.05) is 35.8 Å². The lowest BCUT2D eigenvalue weighted by atomic mass is 9.99. The molecular formula is C25H25ClN4O4. The Morgan fingerprint density at radius 1 is 1.35 bits per heavy atom. The number of amides is 1. The van der Waals surface area contributed by atoms with Crippen LogP contribution in [0.4, 0.5) is 11.4 Å². The molecule has 8 nitrogen and oxygen atoms in total. The number of methoxy groups -OCH3 is 1. The van der Waals surface area contributed by atoms with Gasteiger partial charge in [-0.25, -0.2) is 0 Å². The third-order valence-electron chi connectivity index (χ3n) is 6.83. The van der Waals surface area contributed by atoms with Gasteiger partial charge in [0.15, 0.2) is 5.75 Å². The summed E-state index contributed by atoms with van der Waals surface area (Å²) in [6.07, 6.45) is 5.28. The van der Waals surface area contributed by atoms with E-state index in [0.717, 1.165) is 36.4 Å². The molecule has 0 unspecified atom stereocenters. The van der Waals surface area contributed by atoms with E-state index in [1.165, 1.54) is 0 Å². The second-order valence-corrected chi connectivity index (χ2v) is 9.65. The molecule has 0 radical (unpaired) electrons. The van der Waals surface area contributed by atoms with Crippen LogP contribution in [0.15, 0.2) is 36.7 Å². The Morgan fingerprint density at radius 2 is 2.21 bits per heavy atom. The van der Waals surface area contributed by atoms with E-state index in [-0.39, 0.29) is 23.5 Å². The van der Waals surface area contributed by atoms with Gasteiger partial charge in [-0.05, 0) is 31.5 Å². The second-order valence-electron chi connectivity index (χ2n) is 9.24. The van der Waals surface area contributed by atoms with Gasteiger partial charge in [-0.15, -0.1) is 0 Å². The zero-order chi connectivity index (χ0) is 23.4. The van der Waals surface area contributed by atoms with Crippen molar-refractivity contribution >= 4 is 28.9 Å². The maximum Gasteiger partial charge on any atom is 0.255 e. The number of pyridine rings is 1. The average molecular weight is 481 g/mol. The second kappa shape index (κ2) is 7.92. The molecule has 3 N–H and O–H groups in total. The summed E-state index contributed by atoms with van der Waals surface area (Å²) in [5.41, 5.74) is 4.12. The van der Waals surface area contributed by atoms with Crippen LogP contribution in [-0.4, -0.2) is 47.8 Å². The third kappa shape index (κ3) is 3.49. The first kappa shape index (κ1) is 21.3. The summed E-state index contributed by atoms with van der Waals surface area (Å²) in [5, 5.41) is 7.01. The molecule has 1 saturated heterocycles. The fourth-order valence-corrected chi connectivity index (χ4v) is 4.97. The summed E-state index contributed by atoms with van der Waals surface area (Å²) in [6.45, 7) is 3.20. The molecule has 2 fully saturated rings. The standard InChI is InChI=1S/C25H25ClN4O4/c1-25(7-9-34-25)12-33-18-11-27-8-6-13(18)21-22(28-16-5-3-4-15(26)23(16)32-2)19-20(30-21)14-10-17(14)29-24(19)31/h3-6,8,11,14,17,28,30H,7,9-10,12H2,1-2H3,(H,29,31)/t14-,17+,25+/m0/s1. The zero-order valence-corrected chi connectivity index (χ0v) is 19.7. The molecule has 4 heterocycles. The zero-order valence-electron chi connectivity index (χ0n) is 18.9. The quantitative estimate of drug-likeness (QED) is 0.456. The Balaban J connectivity index is 1.46.